The quantitative estimate of drug-likeness (QED) is 0.573. The van der Waals surface area contributed by atoms with Crippen LogP contribution in [0.25, 0.3) is 10.1 Å². The first kappa shape index (κ1) is 16.5. The van der Waals surface area contributed by atoms with E-state index in [1.165, 1.54) is 5.56 Å². The number of hydrogen-bond donors (Lipinski definition) is 1. The molecule has 0 fully saturated rings. The van der Waals surface area contributed by atoms with Crippen LogP contribution >= 0.6 is 11.3 Å². The van der Waals surface area contributed by atoms with E-state index in [4.69, 9.17) is 0 Å². The van der Waals surface area contributed by atoms with Crippen LogP contribution in [0.15, 0.2) is 67.0 Å². The smallest absolute Gasteiger partial charge is 0.261 e. The highest BCUT2D eigenvalue weighted by Gasteiger charge is 2.14. The van der Waals surface area contributed by atoms with Crippen LogP contribution in [-0.2, 0) is 13.1 Å². The Balaban J connectivity index is 1.41. The molecule has 2 aromatic carbocycles. The van der Waals surface area contributed by atoms with Gasteiger partial charge in [-0.1, -0.05) is 42.5 Å². The third kappa shape index (κ3) is 3.39. The van der Waals surface area contributed by atoms with E-state index >= 15 is 0 Å². The Hall–Kier alpha value is -2.92. The van der Waals surface area contributed by atoms with Gasteiger partial charge in [0.2, 0.25) is 0 Å². The molecule has 2 heterocycles. The van der Waals surface area contributed by atoms with Crippen molar-refractivity contribution in [3.63, 3.8) is 0 Å². The van der Waals surface area contributed by atoms with E-state index in [9.17, 15) is 4.79 Å². The molecule has 0 bridgehead atoms. The van der Waals surface area contributed by atoms with Gasteiger partial charge in [0.15, 0.2) is 0 Å². The number of carbonyl (C=O) groups is 1. The van der Waals surface area contributed by atoms with Gasteiger partial charge in [-0.15, -0.1) is 11.3 Å². The molecule has 4 rings (SSSR count). The van der Waals surface area contributed by atoms with Crippen LogP contribution in [0.3, 0.4) is 0 Å². The molecule has 130 valence electrons. The minimum atomic E-state index is -0.00989. The SMILES string of the molecule is Cc1c(C(=O)NCc2ccc(Cn3cccn3)cc2)sc2ccccc12. The van der Waals surface area contributed by atoms with E-state index in [1.54, 1.807) is 17.5 Å². The lowest BCUT2D eigenvalue weighted by molar-refractivity contribution is 0.0954. The summed E-state index contributed by atoms with van der Waals surface area (Å²) in [5.74, 6) is -0.00989. The Morgan fingerprint density at radius 2 is 1.85 bits per heavy atom. The predicted octanol–water partition coefficient (Wildman–Crippen LogP) is 4.38. The lowest BCUT2D eigenvalue weighted by Crippen LogP contribution is -2.22. The van der Waals surface area contributed by atoms with Crippen molar-refractivity contribution < 1.29 is 4.79 Å². The number of fused-ring (bicyclic) bond motifs is 1. The van der Waals surface area contributed by atoms with E-state index in [0.717, 1.165) is 32.6 Å². The summed E-state index contributed by atoms with van der Waals surface area (Å²) in [4.78, 5) is 13.4. The van der Waals surface area contributed by atoms with Crippen molar-refractivity contribution in [2.45, 2.75) is 20.0 Å². The van der Waals surface area contributed by atoms with Crippen LogP contribution < -0.4 is 5.32 Å². The van der Waals surface area contributed by atoms with Crippen LogP contribution in [0.5, 0.6) is 0 Å². The molecule has 0 aliphatic heterocycles. The van der Waals surface area contributed by atoms with E-state index in [0.29, 0.717) is 6.54 Å². The molecule has 0 aliphatic rings. The molecule has 4 nitrogen and oxygen atoms in total. The van der Waals surface area contributed by atoms with Gasteiger partial charge in [-0.05, 0) is 41.1 Å². The van der Waals surface area contributed by atoms with E-state index < -0.39 is 0 Å². The van der Waals surface area contributed by atoms with Gasteiger partial charge in [0.1, 0.15) is 0 Å². The van der Waals surface area contributed by atoms with Gasteiger partial charge in [0.05, 0.1) is 11.4 Å². The predicted molar refractivity (Wildman–Crippen MR) is 106 cm³/mol. The normalized spacial score (nSPS) is 11.0. The minimum Gasteiger partial charge on any atom is -0.347 e. The molecule has 4 aromatic rings. The van der Waals surface area contributed by atoms with Crippen LogP contribution in [0.1, 0.15) is 26.4 Å². The van der Waals surface area contributed by atoms with Gasteiger partial charge in [0.25, 0.3) is 5.91 Å². The van der Waals surface area contributed by atoms with E-state index in [2.05, 4.69) is 46.8 Å². The number of aromatic nitrogens is 2. The number of hydrogen-bond acceptors (Lipinski definition) is 3. The van der Waals surface area contributed by atoms with Crippen molar-refractivity contribution in [1.29, 1.82) is 0 Å². The fourth-order valence-corrected chi connectivity index (χ4v) is 4.12. The summed E-state index contributed by atoms with van der Waals surface area (Å²) < 4.78 is 3.04. The first-order valence-corrected chi connectivity index (χ1v) is 9.34. The summed E-state index contributed by atoms with van der Waals surface area (Å²) in [6.45, 7) is 3.28. The molecule has 2 aromatic heterocycles. The lowest BCUT2D eigenvalue weighted by atomic mass is 10.1. The molecule has 0 aliphatic carbocycles. The van der Waals surface area contributed by atoms with Crippen LogP contribution in [0, 0.1) is 6.92 Å². The Kier molecular flexibility index (Phi) is 4.54. The molecule has 0 radical (unpaired) electrons. The zero-order valence-electron chi connectivity index (χ0n) is 14.5. The third-order valence-electron chi connectivity index (χ3n) is 4.43. The number of nitrogens with one attached hydrogen (secondary N) is 1. The fourth-order valence-electron chi connectivity index (χ4n) is 3.00. The highest BCUT2D eigenvalue weighted by atomic mass is 32.1. The van der Waals surface area contributed by atoms with Crippen molar-refractivity contribution in [3.05, 3.63) is 88.6 Å². The standard InChI is InChI=1S/C21H19N3OS/c1-15-18-5-2-3-6-19(18)26-20(15)21(25)22-13-16-7-9-17(10-8-16)14-24-12-4-11-23-24/h2-12H,13-14H2,1H3,(H,22,25). The van der Waals surface area contributed by atoms with Crippen molar-refractivity contribution in [1.82, 2.24) is 15.1 Å². The molecule has 5 heteroatoms. The van der Waals surface area contributed by atoms with Crippen molar-refractivity contribution in [3.8, 4) is 0 Å². The maximum Gasteiger partial charge on any atom is 0.261 e. The second-order valence-corrected chi connectivity index (χ2v) is 7.31. The number of amides is 1. The second-order valence-electron chi connectivity index (χ2n) is 6.26. The maximum absolute atomic E-state index is 12.6. The highest BCUT2D eigenvalue weighted by Crippen LogP contribution is 2.30. The summed E-state index contributed by atoms with van der Waals surface area (Å²) in [7, 11) is 0. The fraction of sp³-hybridized carbons (Fsp3) is 0.143. The van der Waals surface area contributed by atoms with Gasteiger partial charge in [0, 0.05) is 23.6 Å². The first-order valence-electron chi connectivity index (χ1n) is 8.52. The minimum absolute atomic E-state index is 0.00989. The number of nitrogens with zero attached hydrogens (tertiary/aromatic N) is 2. The zero-order chi connectivity index (χ0) is 17.9. The summed E-state index contributed by atoms with van der Waals surface area (Å²) in [5.41, 5.74) is 3.32. The van der Waals surface area contributed by atoms with Gasteiger partial charge < -0.3 is 5.32 Å². The Morgan fingerprint density at radius 3 is 2.58 bits per heavy atom. The average Bonchev–Trinajstić information content (AvgIpc) is 3.29. The average molecular weight is 361 g/mol. The molecule has 0 unspecified atom stereocenters. The highest BCUT2D eigenvalue weighted by molar-refractivity contribution is 7.21. The van der Waals surface area contributed by atoms with Gasteiger partial charge >= 0.3 is 0 Å². The molecule has 26 heavy (non-hydrogen) atoms. The van der Waals surface area contributed by atoms with Crippen LogP contribution in [-0.4, -0.2) is 15.7 Å². The summed E-state index contributed by atoms with van der Waals surface area (Å²) in [5, 5.41) is 8.41. The molecule has 0 spiro atoms. The van der Waals surface area contributed by atoms with Crippen molar-refractivity contribution >= 4 is 27.3 Å². The number of benzene rings is 2. The molecule has 0 saturated carbocycles. The van der Waals surface area contributed by atoms with Gasteiger partial charge in [-0.3, -0.25) is 9.48 Å². The third-order valence-corrected chi connectivity index (χ3v) is 5.70. The van der Waals surface area contributed by atoms with E-state index in [-0.39, 0.29) is 5.91 Å². The monoisotopic (exact) mass is 361 g/mol. The molecular formula is C21H19N3OS. The molecular weight excluding hydrogens is 342 g/mol. The lowest BCUT2D eigenvalue weighted by Gasteiger charge is -2.07. The van der Waals surface area contributed by atoms with Crippen LogP contribution in [0.4, 0.5) is 0 Å². The summed E-state index contributed by atoms with van der Waals surface area (Å²) in [6.07, 6.45) is 3.72. The Labute approximate surface area is 156 Å². The molecule has 0 atom stereocenters. The van der Waals surface area contributed by atoms with E-state index in [1.807, 2.05) is 36.0 Å². The number of thiophene rings is 1. The van der Waals surface area contributed by atoms with Crippen LogP contribution in [0.2, 0.25) is 0 Å². The largest absolute Gasteiger partial charge is 0.347 e. The Morgan fingerprint density at radius 1 is 1.08 bits per heavy atom. The number of aryl methyl sites for hydroxylation is 1. The van der Waals surface area contributed by atoms with Crippen molar-refractivity contribution in [2.24, 2.45) is 0 Å². The summed E-state index contributed by atoms with van der Waals surface area (Å²) in [6, 6.07) is 18.3. The molecule has 1 N–H and O–H groups in total. The first-order chi connectivity index (χ1) is 12.7. The zero-order valence-corrected chi connectivity index (χ0v) is 15.3. The number of carbonyl (C=O) groups excluding carboxylic acids is 1. The molecule has 1 amide bonds. The van der Waals surface area contributed by atoms with Crippen molar-refractivity contribution in [2.75, 3.05) is 0 Å². The second kappa shape index (κ2) is 7.14. The maximum atomic E-state index is 12.6. The Bertz CT molecular complexity index is 1030. The summed E-state index contributed by atoms with van der Waals surface area (Å²) >= 11 is 1.55. The number of rotatable bonds is 5. The van der Waals surface area contributed by atoms with Gasteiger partial charge in [-0.2, -0.15) is 5.10 Å². The topological polar surface area (TPSA) is 46.9 Å². The van der Waals surface area contributed by atoms with Gasteiger partial charge in [-0.25, -0.2) is 0 Å². The molecule has 0 saturated heterocycles.